The summed E-state index contributed by atoms with van der Waals surface area (Å²) in [6.45, 7) is 5.66. The van der Waals surface area contributed by atoms with Crippen LogP contribution in [0.4, 0.5) is 0 Å². The van der Waals surface area contributed by atoms with Gasteiger partial charge in [-0.05, 0) is 72.2 Å². The molecular weight excluding hydrogens is 422 g/mol. The highest BCUT2D eigenvalue weighted by Gasteiger charge is 2.36. The van der Waals surface area contributed by atoms with Gasteiger partial charge in [-0.15, -0.1) is 0 Å². The van der Waals surface area contributed by atoms with Crippen molar-refractivity contribution in [3.8, 4) is 11.1 Å². The third-order valence-electron chi connectivity index (χ3n) is 6.77. The Balaban J connectivity index is 1.52. The number of esters is 1. The van der Waals surface area contributed by atoms with Crippen LogP contribution in [0, 0.1) is 13.8 Å². The molecule has 0 bridgehead atoms. The second-order valence-electron chi connectivity index (χ2n) is 9.06. The molecule has 0 aromatic heterocycles. The summed E-state index contributed by atoms with van der Waals surface area (Å²) in [6, 6.07) is 22.7. The fourth-order valence-corrected chi connectivity index (χ4v) is 4.85. The number of aliphatic hydroxyl groups is 1. The van der Waals surface area contributed by atoms with Crippen LogP contribution in [0.5, 0.6) is 0 Å². The number of carbonyl (C=O) groups excluding carboxylic acids is 1. The minimum absolute atomic E-state index is 0.364. The van der Waals surface area contributed by atoms with Crippen LogP contribution in [-0.2, 0) is 16.1 Å². The van der Waals surface area contributed by atoms with Crippen LogP contribution in [0.3, 0.4) is 0 Å². The van der Waals surface area contributed by atoms with Crippen LogP contribution >= 0.6 is 0 Å². The van der Waals surface area contributed by atoms with Crippen molar-refractivity contribution in [2.45, 2.75) is 45.4 Å². The van der Waals surface area contributed by atoms with Crippen molar-refractivity contribution in [1.29, 1.82) is 0 Å². The number of piperidine rings is 1. The fourth-order valence-electron chi connectivity index (χ4n) is 4.85. The average Bonchev–Trinajstić information content (AvgIpc) is 2.84. The summed E-state index contributed by atoms with van der Waals surface area (Å²) in [5, 5.41) is 10.4. The van der Waals surface area contributed by atoms with Gasteiger partial charge in [-0.1, -0.05) is 78.9 Å². The zero-order valence-corrected chi connectivity index (χ0v) is 20.2. The summed E-state index contributed by atoms with van der Waals surface area (Å²) in [4.78, 5) is 14.3. The Kier molecular flexibility index (Phi) is 7.61. The maximum absolute atomic E-state index is 12.2. The number of ether oxygens (including phenoxy) is 1. The number of methoxy groups -OCH3 is 1. The highest BCUT2D eigenvalue weighted by molar-refractivity contribution is 5.78. The number of nitrogens with zero attached hydrogens (tertiary/aromatic N) is 1. The second-order valence-corrected chi connectivity index (χ2v) is 9.06. The van der Waals surface area contributed by atoms with E-state index in [1.807, 2.05) is 11.0 Å². The first-order valence-corrected chi connectivity index (χ1v) is 11.9. The molecule has 1 saturated heterocycles. The molecule has 3 aromatic rings. The van der Waals surface area contributed by atoms with Crippen molar-refractivity contribution < 1.29 is 14.6 Å². The van der Waals surface area contributed by atoms with E-state index in [4.69, 9.17) is 4.74 Å². The minimum Gasteiger partial charge on any atom is -0.468 e. The van der Waals surface area contributed by atoms with Crippen LogP contribution in [0.15, 0.2) is 66.7 Å². The molecule has 1 N–H and O–H groups in total. The van der Waals surface area contributed by atoms with Crippen LogP contribution in [0.25, 0.3) is 23.3 Å². The standard InChI is InChI=1S/C30H33NO3/c1-21-19-23(20-31-18-8-13-28(32)29(31)30(33)34-3)14-15-24(21)16-17-25-11-7-12-27(22(25)2)26-9-5-4-6-10-26/h4-7,9-12,14-17,19,28-29,32H,8,13,18,20H2,1-3H3/b17-16+. The molecule has 0 spiro atoms. The van der Waals surface area contributed by atoms with Crippen molar-refractivity contribution in [2.24, 2.45) is 0 Å². The van der Waals surface area contributed by atoms with E-state index < -0.39 is 12.1 Å². The molecule has 2 unspecified atom stereocenters. The molecule has 1 aliphatic rings. The first kappa shape index (κ1) is 23.9. The van der Waals surface area contributed by atoms with E-state index in [-0.39, 0.29) is 5.97 Å². The van der Waals surface area contributed by atoms with Gasteiger partial charge in [0.05, 0.1) is 13.2 Å². The molecule has 4 nitrogen and oxygen atoms in total. The van der Waals surface area contributed by atoms with E-state index in [9.17, 15) is 9.90 Å². The molecule has 3 aromatic carbocycles. The molecule has 1 fully saturated rings. The number of hydrogen-bond acceptors (Lipinski definition) is 4. The molecule has 4 rings (SSSR count). The van der Waals surface area contributed by atoms with Gasteiger partial charge in [0.15, 0.2) is 0 Å². The lowest BCUT2D eigenvalue weighted by Gasteiger charge is -2.37. The van der Waals surface area contributed by atoms with Crippen LogP contribution in [0.2, 0.25) is 0 Å². The summed E-state index contributed by atoms with van der Waals surface area (Å²) in [5.74, 6) is -0.364. The highest BCUT2D eigenvalue weighted by Crippen LogP contribution is 2.27. The number of aliphatic hydroxyl groups excluding tert-OH is 1. The predicted octanol–water partition coefficient (Wildman–Crippen LogP) is 5.64. The van der Waals surface area contributed by atoms with Gasteiger partial charge in [-0.3, -0.25) is 9.69 Å². The Labute approximate surface area is 202 Å². The zero-order valence-electron chi connectivity index (χ0n) is 20.2. The first-order valence-electron chi connectivity index (χ1n) is 11.9. The van der Waals surface area contributed by atoms with Gasteiger partial charge in [-0.2, -0.15) is 0 Å². The maximum Gasteiger partial charge on any atom is 0.325 e. The van der Waals surface area contributed by atoms with Crippen LogP contribution < -0.4 is 0 Å². The molecule has 2 atom stereocenters. The van der Waals surface area contributed by atoms with Crippen molar-refractivity contribution >= 4 is 18.1 Å². The molecule has 0 aliphatic carbocycles. The molecule has 0 amide bonds. The van der Waals surface area contributed by atoms with E-state index in [0.29, 0.717) is 13.0 Å². The van der Waals surface area contributed by atoms with E-state index in [1.165, 1.54) is 34.9 Å². The molecule has 34 heavy (non-hydrogen) atoms. The van der Waals surface area contributed by atoms with Crippen molar-refractivity contribution in [3.05, 3.63) is 94.5 Å². The predicted molar refractivity (Wildman–Crippen MR) is 138 cm³/mol. The lowest BCUT2D eigenvalue weighted by atomic mass is 9.95. The molecule has 176 valence electrons. The molecule has 0 saturated carbocycles. The van der Waals surface area contributed by atoms with Gasteiger partial charge < -0.3 is 9.84 Å². The largest absolute Gasteiger partial charge is 0.468 e. The van der Waals surface area contributed by atoms with Crippen LogP contribution in [0.1, 0.15) is 40.7 Å². The smallest absolute Gasteiger partial charge is 0.325 e. The van der Waals surface area contributed by atoms with Gasteiger partial charge in [0.1, 0.15) is 6.04 Å². The monoisotopic (exact) mass is 455 g/mol. The van der Waals surface area contributed by atoms with Gasteiger partial charge in [0, 0.05) is 6.54 Å². The average molecular weight is 456 g/mol. The van der Waals surface area contributed by atoms with Gasteiger partial charge >= 0.3 is 5.97 Å². The van der Waals surface area contributed by atoms with Gasteiger partial charge in [-0.25, -0.2) is 0 Å². The SMILES string of the molecule is COC(=O)C1C(O)CCCN1Cc1ccc(/C=C/c2cccc(-c3ccccc3)c2C)c(C)c1. The van der Waals surface area contributed by atoms with Gasteiger partial charge in [0.2, 0.25) is 0 Å². The van der Waals surface area contributed by atoms with Gasteiger partial charge in [0.25, 0.3) is 0 Å². The molecule has 4 heteroatoms. The Morgan fingerprint density at radius 3 is 2.53 bits per heavy atom. The van der Waals surface area contributed by atoms with E-state index in [2.05, 4.69) is 86.7 Å². The van der Waals surface area contributed by atoms with Crippen molar-refractivity contribution in [2.75, 3.05) is 13.7 Å². The van der Waals surface area contributed by atoms with Crippen LogP contribution in [-0.4, -0.2) is 41.8 Å². The molecular formula is C30H33NO3. The Bertz CT molecular complexity index is 1170. The summed E-state index contributed by atoms with van der Waals surface area (Å²) in [5.41, 5.74) is 8.40. The quantitative estimate of drug-likeness (QED) is 0.386. The topological polar surface area (TPSA) is 49.8 Å². The van der Waals surface area contributed by atoms with E-state index in [0.717, 1.165) is 24.1 Å². The highest BCUT2D eigenvalue weighted by atomic mass is 16.5. The molecule has 0 radical (unpaired) electrons. The minimum atomic E-state index is -0.681. The normalized spacial score (nSPS) is 18.8. The number of likely N-dealkylation sites (tertiary alicyclic amines) is 1. The number of benzene rings is 3. The summed E-state index contributed by atoms with van der Waals surface area (Å²) < 4.78 is 4.94. The lowest BCUT2D eigenvalue weighted by molar-refractivity contribution is -0.154. The first-order chi connectivity index (χ1) is 16.5. The maximum atomic E-state index is 12.2. The molecule has 1 aliphatic heterocycles. The summed E-state index contributed by atoms with van der Waals surface area (Å²) >= 11 is 0. The summed E-state index contributed by atoms with van der Waals surface area (Å²) in [6.07, 6.45) is 5.16. The zero-order chi connectivity index (χ0) is 24.1. The number of rotatable bonds is 6. The molecule has 1 heterocycles. The van der Waals surface area contributed by atoms with E-state index in [1.54, 1.807) is 0 Å². The van der Waals surface area contributed by atoms with E-state index >= 15 is 0 Å². The Hall–Kier alpha value is -3.21. The third kappa shape index (κ3) is 5.30. The second kappa shape index (κ2) is 10.8. The number of carbonyl (C=O) groups is 1. The van der Waals surface area contributed by atoms with Crippen molar-refractivity contribution in [1.82, 2.24) is 4.90 Å². The van der Waals surface area contributed by atoms with Crippen molar-refractivity contribution in [3.63, 3.8) is 0 Å². The Morgan fingerprint density at radius 2 is 1.79 bits per heavy atom. The number of aryl methyl sites for hydroxylation is 1. The summed E-state index contributed by atoms with van der Waals surface area (Å²) in [7, 11) is 1.38. The number of hydrogen-bond donors (Lipinski definition) is 1. The fraction of sp³-hybridized carbons (Fsp3) is 0.300. The third-order valence-corrected chi connectivity index (χ3v) is 6.77. The Morgan fingerprint density at radius 1 is 1.03 bits per heavy atom. The lowest BCUT2D eigenvalue weighted by Crippen LogP contribution is -2.52.